The number of halogens is 1. The lowest BCUT2D eigenvalue weighted by molar-refractivity contribution is 0.0923. The van der Waals surface area contributed by atoms with Crippen LogP contribution in [0.3, 0.4) is 0 Å². The molecule has 0 saturated carbocycles. The van der Waals surface area contributed by atoms with E-state index in [4.69, 9.17) is 16.3 Å². The Hall–Kier alpha value is -2.07. The molecule has 0 N–H and O–H groups in total. The maximum atomic E-state index is 9.65. The largest absolute Gasteiger partial charge is 0.360 e. The number of nitriles is 1. The third-order valence-electron chi connectivity index (χ3n) is 4.17. The summed E-state index contributed by atoms with van der Waals surface area (Å²) >= 11 is 6.29. The molecule has 0 spiro atoms. The molecule has 0 amide bonds. The van der Waals surface area contributed by atoms with Crippen LogP contribution in [0.4, 0.5) is 0 Å². The minimum atomic E-state index is -0.604. The number of pyridine rings is 2. The summed E-state index contributed by atoms with van der Waals surface area (Å²) in [6.07, 6.45) is 12.1. The van der Waals surface area contributed by atoms with Gasteiger partial charge in [-0.25, -0.2) is 15.0 Å². The monoisotopic (exact) mass is 402 g/mol. The Bertz CT molecular complexity index is 1020. The molecule has 3 heterocycles. The predicted molar refractivity (Wildman–Crippen MR) is 114 cm³/mol. The number of aromatic nitrogens is 3. The van der Waals surface area contributed by atoms with Gasteiger partial charge in [0.2, 0.25) is 0 Å². The Morgan fingerprint density at radius 2 is 2.04 bits per heavy atom. The van der Waals surface area contributed by atoms with E-state index in [9.17, 15) is 5.26 Å². The Balaban J connectivity index is 2.02. The number of aryl methyl sites for hydroxylation is 1. The summed E-state index contributed by atoms with van der Waals surface area (Å²) in [5, 5.41) is 10.8. The van der Waals surface area contributed by atoms with E-state index in [0.29, 0.717) is 29.7 Å². The van der Waals surface area contributed by atoms with Crippen molar-refractivity contribution in [3.8, 4) is 17.2 Å². The second-order valence-electron chi connectivity index (χ2n) is 7.40. The maximum absolute atomic E-state index is 9.65. The number of fused-ring (bicyclic) bond motifs is 1. The first-order chi connectivity index (χ1) is 12.8. The van der Waals surface area contributed by atoms with Gasteiger partial charge < -0.3 is 9.30 Å². The van der Waals surface area contributed by atoms with Crippen molar-refractivity contribution in [1.29, 1.82) is 5.26 Å². The lowest BCUT2D eigenvalue weighted by atomic mass is 10.0. The van der Waals surface area contributed by atoms with Crippen LogP contribution in [0.5, 0.6) is 0 Å². The molecule has 0 fully saturated rings. The van der Waals surface area contributed by atoms with E-state index in [1.165, 1.54) is 0 Å². The number of rotatable bonds is 6. The van der Waals surface area contributed by atoms with E-state index in [1.807, 2.05) is 17.6 Å². The van der Waals surface area contributed by atoms with E-state index in [0.717, 1.165) is 27.8 Å². The van der Waals surface area contributed by atoms with Crippen molar-refractivity contribution in [3.63, 3.8) is 0 Å². The van der Waals surface area contributed by atoms with E-state index in [-0.39, 0.29) is 0 Å². The molecule has 0 unspecified atom stereocenters. The fraction of sp³-hybridized carbons (Fsp3) is 0.350. The van der Waals surface area contributed by atoms with Crippen molar-refractivity contribution in [2.24, 2.45) is 0 Å². The standard InChI is InChI=1S/C20H23ClN4OS/c1-14-7-15(11-23-10-14)17-8-18(21)24-20-19(17)16(9-22)12-25(20)13-26-5-6-27(2,3)4/h7-8,10-12H,5-6,13H2,1-4H3. The van der Waals surface area contributed by atoms with Gasteiger partial charge >= 0.3 is 0 Å². The molecule has 0 radical (unpaired) electrons. The Kier molecular flexibility index (Phi) is 5.75. The van der Waals surface area contributed by atoms with Gasteiger partial charge in [-0.1, -0.05) is 11.6 Å². The second-order valence-corrected chi connectivity index (χ2v) is 12.4. The first kappa shape index (κ1) is 19.7. The molecule has 3 rings (SSSR count). The van der Waals surface area contributed by atoms with Crippen LogP contribution in [-0.2, 0) is 11.5 Å². The Labute approximate surface area is 166 Å². The van der Waals surface area contributed by atoms with Gasteiger partial charge in [0.25, 0.3) is 0 Å². The summed E-state index contributed by atoms with van der Waals surface area (Å²) in [6.45, 7) is 3.00. The third kappa shape index (κ3) is 4.62. The molecule has 142 valence electrons. The van der Waals surface area contributed by atoms with Crippen molar-refractivity contribution in [2.75, 3.05) is 31.1 Å². The Morgan fingerprint density at radius 1 is 1.26 bits per heavy atom. The fourth-order valence-corrected chi connectivity index (χ4v) is 3.65. The van der Waals surface area contributed by atoms with Gasteiger partial charge in [0.15, 0.2) is 0 Å². The van der Waals surface area contributed by atoms with Crippen molar-refractivity contribution < 1.29 is 4.74 Å². The van der Waals surface area contributed by atoms with Crippen molar-refractivity contribution >= 4 is 32.7 Å². The molecule has 0 aliphatic carbocycles. The normalized spacial score (nSPS) is 12.3. The smallest absolute Gasteiger partial charge is 0.145 e. The summed E-state index contributed by atoms with van der Waals surface area (Å²) in [6, 6.07) is 6.09. The second kappa shape index (κ2) is 7.89. The first-order valence-corrected chi connectivity index (χ1v) is 11.9. The average Bonchev–Trinajstić information content (AvgIpc) is 2.95. The highest BCUT2D eigenvalue weighted by molar-refractivity contribution is 8.32. The van der Waals surface area contributed by atoms with Crippen LogP contribution < -0.4 is 0 Å². The zero-order chi connectivity index (χ0) is 19.6. The molecule has 0 atom stereocenters. The molecule has 0 bridgehead atoms. The van der Waals surface area contributed by atoms with Crippen molar-refractivity contribution in [1.82, 2.24) is 14.5 Å². The van der Waals surface area contributed by atoms with Crippen LogP contribution in [0.25, 0.3) is 22.2 Å². The van der Waals surface area contributed by atoms with Crippen molar-refractivity contribution in [2.45, 2.75) is 13.7 Å². The summed E-state index contributed by atoms with van der Waals surface area (Å²) in [7, 11) is -0.604. The summed E-state index contributed by atoms with van der Waals surface area (Å²) in [5.41, 5.74) is 4.01. The van der Waals surface area contributed by atoms with Crippen LogP contribution in [-0.4, -0.2) is 45.7 Å². The number of ether oxygens (including phenoxy) is 1. The minimum Gasteiger partial charge on any atom is -0.360 e. The SMILES string of the molecule is Cc1cncc(-c2cc(Cl)nc3c2c(C#N)cn3COCCS(C)(C)C)c1. The molecule has 0 saturated heterocycles. The average molecular weight is 403 g/mol. The Morgan fingerprint density at radius 3 is 2.70 bits per heavy atom. The summed E-state index contributed by atoms with van der Waals surface area (Å²) in [5.74, 6) is 1.03. The third-order valence-corrected chi connectivity index (χ3v) is 5.76. The van der Waals surface area contributed by atoms with Gasteiger partial charge in [-0.15, -0.1) is 0 Å². The van der Waals surface area contributed by atoms with Gasteiger partial charge in [-0.2, -0.15) is 5.26 Å². The van der Waals surface area contributed by atoms with Gasteiger partial charge in [-0.05, 0) is 49.0 Å². The first-order valence-electron chi connectivity index (χ1n) is 8.54. The topological polar surface area (TPSA) is 63.7 Å². The van der Waals surface area contributed by atoms with Gasteiger partial charge in [0.05, 0.1) is 12.2 Å². The predicted octanol–water partition coefficient (Wildman–Crippen LogP) is 4.60. The molecular formula is C20H23ClN4OS. The van der Waals surface area contributed by atoms with Crippen molar-refractivity contribution in [3.05, 3.63) is 47.0 Å². The number of hydrogen-bond donors (Lipinski definition) is 0. The quantitative estimate of drug-likeness (QED) is 0.446. The zero-order valence-corrected chi connectivity index (χ0v) is 17.6. The van der Waals surface area contributed by atoms with E-state index in [2.05, 4.69) is 34.8 Å². The van der Waals surface area contributed by atoms with Crippen LogP contribution >= 0.6 is 21.6 Å². The molecule has 7 heteroatoms. The van der Waals surface area contributed by atoms with Gasteiger partial charge in [-0.3, -0.25) is 4.98 Å². The zero-order valence-electron chi connectivity index (χ0n) is 16.0. The van der Waals surface area contributed by atoms with Crippen LogP contribution in [0.15, 0.2) is 30.7 Å². The van der Waals surface area contributed by atoms with Crippen LogP contribution in [0, 0.1) is 18.3 Å². The summed E-state index contributed by atoms with van der Waals surface area (Å²) in [4.78, 5) is 8.73. The molecular weight excluding hydrogens is 380 g/mol. The lowest BCUT2D eigenvalue weighted by Gasteiger charge is -2.24. The van der Waals surface area contributed by atoms with Gasteiger partial charge in [0, 0.05) is 35.3 Å². The highest BCUT2D eigenvalue weighted by atomic mass is 35.5. The van der Waals surface area contributed by atoms with Crippen LogP contribution in [0.1, 0.15) is 11.1 Å². The van der Waals surface area contributed by atoms with E-state index in [1.54, 1.807) is 24.7 Å². The number of hydrogen-bond acceptors (Lipinski definition) is 4. The number of nitrogens with zero attached hydrogens (tertiary/aromatic N) is 4. The highest BCUT2D eigenvalue weighted by Crippen LogP contribution is 2.35. The van der Waals surface area contributed by atoms with E-state index < -0.39 is 10.0 Å². The fourth-order valence-electron chi connectivity index (χ4n) is 2.84. The molecule has 5 nitrogen and oxygen atoms in total. The molecule has 0 aliphatic heterocycles. The molecule has 0 aromatic carbocycles. The molecule has 27 heavy (non-hydrogen) atoms. The minimum absolute atomic E-state index is 0.340. The van der Waals surface area contributed by atoms with E-state index >= 15 is 0 Å². The van der Waals surface area contributed by atoms with Crippen LogP contribution in [0.2, 0.25) is 5.15 Å². The summed E-state index contributed by atoms with van der Waals surface area (Å²) < 4.78 is 7.70. The lowest BCUT2D eigenvalue weighted by Crippen LogP contribution is -2.09. The van der Waals surface area contributed by atoms with Gasteiger partial charge in [0.1, 0.15) is 23.6 Å². The molecule has 3 aromatic rings. The molecule has 0 aliphatic rings. The maximum Gasteiger partial charge on any atom is 0.145 e. The highest BCUT2D eigenvalue weighted by Gasteiger charge is 2.17. The molecule has 3 aromatic heterocycles.